The van der Waals surface area contributed by atoms with Crippen LogP contribution in [0.5, 0.6) is 0 Å². The molecule has 0 amide bonds. The van der Waals surface area contributed by atoms with Crippen molar-refractivity contribution in [2.24, 2.45) is 0 Å². The highest BCUT2D eigenvalue weighted by molar-refractivity contribution is 5.29. The van der Waals surface area contributed by atoms with Gasteiger partial charge in [0, 0.05) is 76.2 Å². The van der Waals surface area contributed by atoms with Crippen LogP contribution in [0.1, 0.15) is 29.2 Å². The van der Waals surface area contributed by atoms with Crippen molar-refractivity contribution in [3.63, 3.8) is 0 Å². The van der Waals surface area contributed by atoms with Crippen molar-refractivity contribution >= 4 is 5.69 Å². The third kappa shape index (κ3) is 8.00. The van der Waals surface area contributed by atoms with Crippen LogP contribution in [0, 0.1) is 10.1 Å². The van der Waals surface area contributed by atoms with E-state index >= 15 is 0 Å². The van der Waals surface area contributed by atoms with Gasteiger partial charge in [0.05, 0.1) is 27.7 Å². The van der Waals surface area contributed by atoms with Gasteiger partial charge < -0.3 is 0 Å². The van der Waals surface area contributed by atoms with Crippen LogP contribution in [0.25, 0.3) is 0 Å². The summed E-state index contributed by atoms with van der Waals surface area (Å²) in [7, 11) is 0. The first-order valence-electron chi connectivity index (χ1n) is 11.9. The zero-order valence-corrected chi connectivity index (χ0v) is 20.1. The van der Waals surface area contributed by atoms with Gasteiger partial charge >= 0.3 is 0 Å². The van der Waals surface area contributed by atoms with Crippen LogP contribution in [0.2, 0.25) is 0 Å². The average Bonchev–Trinajstić information content (AvgIpc) is 2.90. The molecule has 0 unspecified atom stereocenters. The van der Waals surface area contributed by atoms with Crippen molar-refractivity contribution in [1.82, 2.24) is 29.7 Å². The van der Waals surface area contributed by atoms with Crippen molar-refractivity contribution in [1.29, 1.82) is 0 Å². The molecule has 0 spiro atoms. The van der Waals surface area contributed by atoms with Crippen molar-refractivity contribution in [2.45, 2.75) is 32.6 Å². The molecule has 0 N–H and O–H groups in total. The van der Waals surface area contributed by atoms with E-state index in [2.05, 4.69) is 29.7 Å². The zero-order chi connectivity index (χ0) is 25.0. The maximum absolute atomic E-state index is 11.2. The fourth-order valence-electron chi connectivity index (χ4n) is 4.00. The molecule has 0 saturated carbocycles. The van der Waals surface area contributed by atoms with E-state index in [1.165, 1.54) is 12.3 Å². The highest BCUT2D eigenvalue weighted by Crippen LogP contribution is 2.15. The standard InChI is InChI=1S/C27H29N7O2/c35-34(36)27-11-15-31-26(18-27)22-33(21-25-10-3-6-14-30-25)17-7-16-32(19-23-8-1-4-12-28-23)20-24-9-2-5-13-29-24/h1-6,8-15,18H,7,16-17,19-22H2. The van der Waals surface area contributed by atoms with Crippen LogP contribution >= 0.6 is 0 Å². The van der Waals surface area contributed by atoms with Gasteiger partial charge in [-0.2, -0.15) is 0 Å². The SMILES string of the molecule is O=[N+]([O-])c1ccnc(CN(CCCN(Cc2ccccn2)Cc2ccccn2)Cc2ccccn2)c1. The molecule has 4 aromatic rings. The molecule has 0 aromatic carbocycles. The number of hydrogen-bond donors (Lipinski definition) is 0. The van der Waals surface area contributed by atoms with Gasteiger partial charge in [-0.3, -0.25) is 39.9 Å². The normalized spacial score (nSPS) is 11.2. The van der Waals surface area contributed by atoms with Gasteiger partial charge in [-0.25, -0.2) is 0 Å². The van der Waals surface area contributed by atoms with E-state index in [0.717, 1.165) is 49.7 Å². The van der Waals surface area contributed by atoms with Gasteiger partial charge in [0.2, 0.25) is 0 Å². The van der Waals surface area contributed by atoms with Crippen molar-refractivity contribution < 1.29 is 4.92 Å². The molecule has 0 fully saturated rings. The van der Waals surface area contributed by atoms with E-state index in [1.54, 1.807) is 12.3 Å². The number of pyridine rings is 4. The van der Waals surface area contributed by atoms with Gasteiger partial charge in [-0.1, -0.05) is 18.2 Å². The van der Waals surface area contributed by atoms with Crippen molar-refractivity contribution in [3.05, 3.63) is 124 Å². The summed E-state index contributed by atoms with van der Waals surface area (Å²) in [6, 6.07) is 20.7. The van der Waals surface area contributed by atoms with Crippen LogP contribution in [0.3, 0.4) is 0 Å². The third-order valence-corrected chi connectivity index (χ3v) is 5.68. The van der Waals surface area contributed by atoms with Gasteiger partial charge in [0.25, 0.3) is 5.69 Å². The largest absolute Gasteiger partial charge is 0.292 e. The molecule has 0 aliphatic rings. The molecule has 184 valence electrons. The maximum atomic E-state index is 11.2. The van der Waals surface area contributed by atoms with Crippen LogP contribution in [-0.2, 0) is 26.2 Å². The second-order valence-corrected chi connectivity index (χ2v) is 8.50. The molecule has 0 bridgehead atoms. The summed E-state index contributed by atoms with van der Waals surface area (Å²) < 4.78 is 0. The first-order chi connectivity index (χ1) is 17.7. The minimum atomic E-state index is -0.388. The van der Waals surface area contributed by atoms with Crippen molar-refractivity contribution in [3.8, 4) is 0 Å². The number of nitrogens with zero attached hydrogens (tertiary/aromatic N) is 7. The summed E-state index contributed by atoms with van der Waals surface area (Å²) in [4.78, 5) is 33.2. The summed E-state index contributed by atoms with van der Waals surface area (Å²) in [5, 5.41) is 11.2. The smallest absolute Gasteiger partial charge is 0.272 e. The lowest BCUT2D eigenvalue weighted by Crippen LogP contribution is -2.30. The molecule has 9 nitrogen and oxygen atoms in total. The van der Waals surface area contributed by atoms with E-state index in [-0.39, 0.29) is 10.6 Å². The molecule has 0 atom stereocenters. The van der Waals surface area contributed by atoms with E-state index < -0.39 is 0 Å². The Balaban J connectivity index is 1.43. The Morgan fingerprint density at radius 3 is 1.47 bits per heavy atom. The second-order valence-electron chi connectivity index (χ2n) is 8.50. The zero-order valence-electron chi connectivity index (χ0n) is 20.1. The molecule has 36 heavy (non-hydrogen) atoms. The summed E-state index contributed by atoms with van der Waals surface area (Å²) in [6.45, 7) is 4.20. The second kappa shape index (κ2) is 13.1. The third-order valence-electron chi connectivity index (χ3n) is 5.68. The molecular formula is C27H29N7O2. The fourth-order valence-corrected chi connectivity index (χ4v) is 4.00. The topological polar surface area (TPSA) is 101 Å². The van der Waals surface area contributed by atoms with Gasteiger partial charge in [-0.05, 0) is 42.8 Å². The van der Waals surface area contributed by atoms with Crippen LogP contribution in [0.4, 0.5) is 5.69 Å². The molecule has 4 rings (SSSR count). The summed E-state index contributed by atoms with van der Waals surface area (Å²) >= 11 is 0. The lowest BCUT2D eigenvalue weighted by molar-refractivity contribution is -0.385. The van der Waals surface area contributed by atoms with Gasteiger partial charge in [0.1, 0.15) is 0 Å². The molecular weight excluding hydrogens is 454 g/mol. The summed E-state index contributed by atoms with van der Waals surface area (Å²) in [5.74, 6) is 0. The van der Waals surface area contributed by atoms with Crippen molar-refractivity contribution in [2.75, 3.05) is 13.1 Å². The molecule has 0 aliphatic heterocycles. The molecule has 9 heteroatoms. The monoisotopic (exact) mass is 483 g/mol. The van der Waals surface area contributed by atoms with E-state index in [1.807, 2.05) is 67.0 Å². The molecule has 4 aromatic heterocycles. The molecule has 0 radical (unpaired) electrons. The predicted octanol–water partition coefficient (Wildman–Crippen LogP) is 4.27. The number of nitro groups is 1. The average molecular weight is 484 g/mol. The summed E-state index contributed by atoms with van der Waals surface area (Å²) in [6.07, 6.45) is 7.79. The number of rotatable bonds is 13. The molecule has 4 heterocycles. The Hall–Kier alpha value is -4.08. The van der Waals surface area contributed by atoms with Crippen LogP contribution in [-0.4, -0.2) is 47.7 Å². The predicted molar refractivity (Wildman–Crippen MR) is 136 cm³/mol. The minimum absolute atomic E-state index is 0.0506. The quantitative estimate of drug-likeness (QED) is 0.205. The number of aromatic nitrogens is 4. The van der Waals surface area contributed by atoms with Gasteiger partial charge in [-0.15, -0.1) is 0 Å². The highest BCUT2D eigenvalue weighted by Gasteiger charge is 2.14. The van der Waals surface area contributed by atoms with E-state index in [0.29, 0.717) is 18.8 Å². The van der Waals surface area contributed by atoms with Gasteiger partial charge in [0.15, 0.2) is 0 Å². The Bertz CT molecular complexity index is 1170. The van der Waals surface area contributed by atoms with E-state index in [9.17, 15) is 10.1 Å². The van der Waals surface area contributed by atoms with Crippen LogP contribution in [0.15, 0.2) is 91.5 Å². The summed E-state index contributed by atoms with van der Waals surface area (Å²) in [5.41, 5.74) is 3.69. The first kappa shape index (κ1) is 25.0. The lowest BCUT2D eigenvalue weighted by atomic mass is 10.2. The highest BCUT2D eigenvalue weighted by atomic mass is 16.6. The van der Waals surface area contributed by atoms with Crippen LogP contribution < -0.4 is 0 Å². The maximum Gasteiger partial charge on any atom is 0.272 e. The Morgan fingerprint density at radius 1 is 0.611 bits per heavy atom. The molecule has 0 aliphatic carbocycles. The Labute approximate surface area is 210 Å². The number of hydrogen-bond acceptors (Lipinski definition) is 8. The molecule has 0 saturated heterocycles. The lowest BCUT2D eigenvalue weighted by Gasteiger charge is -2.25. The van der Waals surface area contributed by atoms with E-state index in [4.69, 9.17) is 0 Å². The Morgan fingerprint density at radius 2 is 1.06 bits per heavy atom. The fraction of sp³-hybridized carbons (Fsp3) is 0.259. The first-order valence-corrected chi connectivity index (χ1v) is 11.9. The minimum Gasteiger partial charge on any atom is -0.292 e. The Kier molecular flexibility index (Phi) is 9.13.